The minimum Gasteiger partial charge on any atom is -0.383 e. The average Bonchev–Trinajstić information content (AvgIpc) is 1.96. The Kier molecular flexibility index (Phi) is 5.46. The third kappa shape index (κ3) is 6.58. The molecule has 74 valence electrons. The molecule has 0 fully saturated rings. The first-order chi connectivity index (χ1) is 5.49. The fourth-order valence-corrected chi connectivity index (χ4v) is 0.767. The zero-order chi connectivity index (χ0) is 9.61. The Bertz CT molecular complexity index is 110. The maximum Gasteiger partial charge on any atom is 0.0649 e. The molecule has 0 saturated heterocycles. The van der Waals surface area contributed by atoms with E-state index in [9.17, 15) is 0 Å². The number of methoxy groups -OCH3 is 1. The van der Waals surface area contributed by atoms with Crippen LogP contribution in [0.3, 0.4) is 0 Å². The van der Waals surface area contributed by atoms with Gasteiger partial charge in [-0.3, -0.25) is 0 Å². The summed E-state index contributed by atoms with van der Waals surface area (Å²) in [4.78, 5) is 0. The summed E-state index contributed by atoms with van der Waals surface area (Å²) in [5.41, 5.74) is -0.0666. The van der Waals surface area contributed by atoms with Gasteiger partial charge >= 0.3 is 0 Å². The maximum atomic E-state index is 5.59. The van der Waals surface area contributed by atoms with Crippen molar-refractivity contribution < 1.29 is 9.47 Å². The average molecular weight is 175 g/mol. The van der Waals surface area contributed by atoms with E-state index in [0.29, 0.717) is 13.2 Å². The van der Waals surface area contributed by atoms with Gasteiger partial charge in [-0.2, -0.15) is 0 Å². The molecule has 0 rings (SSSR count). The highest BCUT2D eigenvalue weighted by molar-refractivity contribution is 4.66. The minimum absolute atomic E-state index is 0.0666. The molecule has 0 aliphatic rings. The molecule has 0 aromatic heterocycles. The first kappa shape index (κ1) is 11.9. The Hall–Kier alpha value is -0.120. The fourth-order valence-electron chi connectivity index (χ4n) is 0.767. The number of rotatable bonds is 5. The zero-order valence-electron chi connectivity index (χ0n) is 8.81. The summed E-state index contributed by atoms with van der Waals surface area (Å²) < 4.78 is 10.6. The van der Waals surface area contributed by atoms with Crippen LogP contribution in [-0.4, -0.2) is 39.0 Å². The summed E-state index contributed by atoms with van der Waals surface area (Å²) >= 11 is 0. The predicted molar refractivity (Wildman–Crippen MR) is 50.4 cm³/mol. The van der Waals surface area contributed by atoms with Gasteiger partial charge in [-0.25, -0.2) is 0 Å². The van der Waals surface area contributed by atoms with Crippen LogP contribution in [0.4, 0.5) is 0 Å². The SMILES string of the molecule is CNC(COC)COC(C)(C)C. The van der Waals surface area contributed by atoms with Gasteiger partial charge in [0.25, 0.3) is 0 Å². The Morgan fingerprint density at radius 2 is 1.83 bits per heavy atom. The van der Waals surface area contributed by atoms with Crippen molar-refractivity contribution in [3.8, 4) is 0 Å². The van der Waals surface area contributed by atoms with Crippen molar-refractivity contribution in [1.82, 2.24) is 5.32 Å². The van der Waals surface area contributed by atoms with Crippen molar-refractivity contribution in [3.63, 3.8) is 0 Å². The van der Waals surface area contributed by atoms with Crippen molar-refractivity contribution in [2.75, 3.05) is 27.4 Å². The molecule has 1 atom stereocenters. The van der Waals surface area contributed by atoms with Crippen molar-refractivity contribution in [2.45, 2.75) is 32.4 Å². The van der Waals surface area contributed by atoms with Crippen LogP contribution in [0.25, 0.3) is 0 Å². The number of nitrogens with one attached hydrogen (secondary N) is 1. The lowest BCUT2D eigenvalue weighted by atomic mass is 10.2. The van der Waals surface area contributed by atoms with E-state index in [2.05, 4.69) is 5.32 Å². The molecule has 0 bridgehead atoms. The van der Waals surface area contributed by atoms with E-state index in [1.165, 1.54) is 0 Å². The molecule has 1 unspecified atom stereocenters. The summed E-state index contributed by atoms with van der Waals surface area (Å²) in [7, 11) is 3.61. The Morgan fingerprint density at radius 1 is 1.25 bits per heavy atom. The summed E-state index contributed by atoms with van der Waals surface area (Å²) in [6, 6.07) is 0.286. The molecule has 0 spiro atoms. The number of hydrogen-bond donors (Lipinski definition) is 1. The van der Waals surface area contributed by atoms with Crippen molar-refractivity contribution in [2.24, 2.45) is 0 Å². The van der Waals surface area contributed by atoms with Gasteiger partial charge in [-0.15, -0.1) is 0 Å². The molecule has 0 aliphatic carbocycles. The lowest BCUT2D eigenvalue weighted by molar-refractivity contribution is -0.0233. The van der Waals surface area contributed by atoms with Gasteiger partial charge in [0.2, 0.25) is 0 Å². The van der Waals surface area contributed by atoms with Gasteiger partial charge in [0.15, 0.2) is 0 Å². The van der Waals surface area contributed by atoms with E-state index in [1.807, 2.05) is 27.8 Å². The van der Waals surface area contributed by atoms with Crippen LogP contribution in [0.15, 0.2) is 0 Å². The van der Waals surface area contributed by atoms with Crippen LogP contribution in [0.2, 0.25) is 0 Å². The van der Waals surface area contributed by atoms with E-state index < -0.39 is 0 Å². The molecule has 0 amide bonds. The lowest BCUT2D eigenvalue weighted by Gasteiger charge is -2.23. The lowest BCUT2D eigenvalue weighted by Crippen LogP contribution is -2.37. The number of ether oxygens (including phenoxy) is 2. The molecule has 0 heterocycles. The monoisotopic (exact) mass is 175 g/mol. The molecule has 0 aromatic rings. The molecule has 0 aliphatic heterocycles. The molecule has 0 radical (unpaired) electrons. The second-order valence-electron chi connectivity index (χ2n) is 3.86. The van der Waals surface area contributed by atoms with Gasteiger partial charge < -0.3 is 14.8 Å². The smallest absolute Gasteiger partial charge is 0.0649 e. The van der Waals surface area contributed by atoms with E-state index in [4.69, 9.17) is 9.47 Å². The van der Waals surface area contributed by atoms with Crippen molar-refractivity contribution >= 4 is 0 Å². The van der Waals surface area contributed by atoms with E-state index >= 15 is 0 Å². The molecular formula is C9H21NO2. The second-order valence-corrected chi connectivity index (χ2v) is 3.86. The molecule has 3 heteroatoms. The standard InChI is InChI=1S/C9H21NO2/c1-9(2,3)12-7-8(10-4)6-11-5/h8,10H,6-7H2,1-5H3. The molecule has 3 nitrogen and oxygen atoms in total. The van der Waals surface area contributed by atoms with Crippen LogP contribution in [0.5, 0.6) is 0 Å². The first-order valence-corrected chi connectivity index (χ1v) is 4.29. The van der Waals surface area contributed by atoms with Gasteiger partial charge in [-0.05, 0) is 27.8 Å². The highest BCUT2D eigenvalue weighted by Gasteiger charge is 2.13. The fraction of sp³-hybridized carbons (Fsp3) is 1.00. The van der Waals surface area contributed by atoms with Crippen molar-refractivity contribution in [3.05, 3.63) is 0 Å². The number of hydrogen-bond acceptors (Lipinski definition) is 3. The first-order valence-electron chi connectivity index (χ1n) is 4.29. The van der Waals surface area contributed by atoms with Crippen LogP contribution < -0.4 is 5.32 Å². The Morgan fingerprint density at radius 3 is 2.17 bits per heavy atom. The van der Waals surface area contributed by atoms with E-state index in [-0.39, 0.29) is 11.6 Å². The maximum absolute atomic E-state index is 5.59. The summed E-state index contributed by atoms with van der Waals surface area (Å²) in [5.74, 6) is 0. The zero-order valence-corrected chi connectivity index (χ0v) is 8.81. The van der Waals surface area contributed by atoms with Crippen LogP contribution in [-0.2, 0) is 9.47 Å². The van der Waals surface area contributed by atoms with Crippen molar-refractivity contribution in [1.29, 1.82) is 0 Å². The third-order valence-corrected chi connectivity index (χ3v) is 1.49. The topological polar surface area (TPSA) is 30.5 Å². The van der Waals surface area contributed by atoms with Gasteiger partial charge in [0.05, 0.1) is 24.9 Å². The van der Waals surface area contributed by atoms with Gasteiger partial charge in [0, 0.05) is 7.11 Å². The van der Waals surface area contributed by atoms with Crippen LogP contribution in [0.1, 0.15) is 20.8 Å². The van der Waals surface area contributed by atoms with E-state index in [0.717, 1.165) is 0 Å². The molecule has 1 N–H and O–H groups in total. The molecular weight excluding hydrogens is 154 g/mol. The van der Waals surface area contributed by atoms with Gasteiger partial charge in [0.1, 0.15) is 0 Å². The molecule has 12 heavy (non-hydrogen) atoms. The molecule has 0 saturated carbocycles. The van der Waals surface area contributed by atoms with E-state index in [1.54, 1.807) is 7.11 Å². The second kappa shape index (κ2) is 5.51. The highest BCUT2D eigenvalue weighted by atomic mass is 16.5. The summed E-state index contributed by atoms with van der Waals surface area (Å²) in [6.07, 6.45) is 0. The quantitative estimate of drug-likeness (QED) is 0.677. The summed E-state index contributed by atoms with van der Waals surface area (Å²) in [6.45, 7) is 7.52. The molecule has 0 aromatic carbocycles. The normalized spacial score (nSPS) is 14.8. The van der Waals surface area contributed by atoms with Crippen LogP contribution >= 0.6 is 0 Å². The summed E-state index contributed by atoms with van der Waals surface area (Å²) in [5, 5.41) is 3.13. The third-order valence-electron chi connectivity index (χ3n) is 1.49. The number of likely N-dealkylation sites (N-methyl/N-ethyl adjacent to an activating group) is 1. The highest BCUT2D eigenvalue weighted by Crippen LogP contribution is 2.06. The Balaban J connectivity index is 3.58. The predicted octanol–water partition coefficient (Wildman–Crippen LogP) is 1.04. The minimum atomic E-state index is -0.0666. The van der Waals surface area contributed by atoms with Crippen LogP contribution in [0, 0.1) is 0 Å². The van der Waals surface area contributed by atoms with Gasteiger partial charge in [-0.1, -0.05) is 0 Å². The largest absolute Gasteiger partial charge is 0.383 e. The Labute approximate surface area is 75.4 Å².